The summed E-state index contributed by atoms with van der Waals surface area (Å²) in [5, 5.41) is 3.05. The van der Waals surface area contributed by atoms with Crippen molar-refractivity contribution in [3.8, 4) is 0 Å². The minimum Gasteiger partial charge on any atom is -0.373 e. The number of hydrogen-bond donors (Lipinski definition) is 1. The highest BCUT2D eigenvalue weighted by Crippen LogP contribution is 2.30. The molecule has 0 fully saturated rings. The van der Waals surface area contributed by atoms with Gasteiger partial charge >= 0.3 is 0 Å². The lowest BCUT2D eigenvalue weighted by Gasteiger charge is -2.25. The third-order valence-electron chi connectivity index (χ3n) is 4.71. The molecule has 0 radical (unpaired) electrons. The molecule has 3 aromatic rings. The number of carbonyl (C=O) groups excluding carboxylic acids is 1. The molecule has 0 aliphatic rings. The van der Waals surface area contributed by atoms with Gasteiger partial charge < -0.3 is 10.2 Å². The number of anilines is 2. The zero-order valence-corrected chi connectivity index (χ0v) is 18.7. The van der Waals surface area contributed by atoms with E-state index in [-0.39, 0.29) is 22.2 Å². The predicted octanol–water partition coefficient (Wildman–Crippen LogP) is 3.79. The molecule has 0 aliphatic carbocycles. The molecule has 0 atom stereocenters. The normalized spacial score (nSPS) is 11.0. The molecule has 31 heavy (non-hydrogen) atoms. The van der Waals surface area contributed by atoms with E-state index in [1.54, 1.807) is 42.5 Å². The van der Waals surface area contributed by atoms with E-state index in [4.69, 9.17) is 11.6 Å². The van der Waals surface area contributed by atoms with E-state index in [2.05, 4.69) is 5.32 Å². The van der Waals surface area contributed by atoms with Crippen molar-refractivity contribution in [2.24, 2.45) is 0 Å². The molecule has 0 saturated carbocycles. The van der Waals surface area contributed by atoms with Gasteiger partial charge in [0.05, 0.1) is 15.6 Å². The van der Waals surface area contributed by atoms with Gasteiger partial charge in [0, 0.05) is 25.8 Å². The Labute approximate surface area is 188 Å². The molecule has 1 N–H and O–H groups in total. The van der Waals surface area contributed by atoms with E-state index in [9.17, 15) is 13.2 Å². The largest absolute Gasteiger partial charge is 0.373 e. The maximum atomic E-state index is 13.3. The fourth-order valence-electron chi connectivity index (χ4n) is 3.03. The van der Waals surface area contributed by atoms with Gasteiger partial charge in [-0.1, -0.05) is 60.1 Å². The van der Waals surface area contributed by atoms with Crippen LogP contribution < -0.4 is 14.5 Å². The molecular weight excluding hydrogens is 434 g/mol. The number of nitrogens with one attached hydrogen (secondary N) is 1. The maximum Gasteiger partial charge on any atom is 0.264 e. The molecule has 3 rings (SSSR count). The summed E-state index contributed by atoms with van der Waals surface area (Å²) in [5.74, 6) is -0.416. The van der Waals surface area contributed by atoms with Crippen molar-refractivity contribution in [2.45, 2.75) is 4.90 Å². The number of hydrogen-bond acceptors (Lipinski definition) is 4. The van der Waals surface area contributed by atoms with Crippen LogP contribution in [-0.2, 0) is 14.8 Å². The Balaban J connectivity index is 1.73. The van der Waals surface area contributed by atoms with Crippen molar-refractivity contribution in [1.82, 2.24) is 5.32 Å². The Hall–Kier alpha value is -3.03. The van der Waals surface area contributed by atoms with Crippen LogP contribution in [0.4, 0.5) is 11.4 Å². The monoisotopic (exact) mass is 457 g/mol. The molecule has 0 saturated heterocycles. The van der Waals surface area contributed by atoms with Crippen LogP contribution in [0, 0.1) is 0 Å². The first-order valence-electron chi connectivity index (χ1n) is 9.75. The number of likely N-dealkylation sites (N-methyl/N-ethyl adjacent to an activating group) is 1. The van der Waals surface area contributed by atoms with Crippen molar-refractivity contribution in [3.63, 3.8) is 0 Å². The minimum atomic E-state index is -3.98. The van der Waals surface area contributed by atoms with Crippen molar-refractivity contribution in [3.05, 3.63) is 90.0 Å². The van der Waals surface area contributed by atoms with Gasteiger partial charge in [0.15, 0.2) is 0 Å². The molecule has 1 amide bonds. The molecule has 6 nitrogen and oxygen atoms in total. The van der Waals surface area contributed by atoms with Gasteiger partial charge in [0.2, 0.25) is 5.91 Å². The molecular formula is C23H24ClN3O3S. The number of sulfonamides is 1. The average molecular weight is 458 g/mol. The summed E-state index contributed by atoms with van der Waals surface area (Å²) in [6, 6.07) is 24.3. The summed E-state index contributed by atoms with van der Waals surface area (Å²) >= 11 is 6.27. The van der Waals surface area contributed by atoms with Crippen LogP contribution in [-0.4, -0.2) is 41.0 Å². The van der Waals surface area contributed by atoms with Gasteiger partial charge in [0.1, 0.15) is 6.54 Å². The quantitative estimate of drug-likeness (QED) is 0.530. The molecule has 0 aliphatic heterocycles. The fourth-order valence-corrected chi connectivity index (χ4v) is 4.78. The Morgan fingerprint density at radius 3 is 2.13 bits per heavy atom. The predicted molar refractivity (Wildman–Crippen MR) is 125 cm³/mol. The fraction of sp³-hybridized carbons (Fsp3) is 0.174. The van der Waals surface area contributed by atoms with Gasteiger partial charge in [0.25, 0.3) is 10.0 Å². The Kier molecular flexibility index (Phi) is 7.55. The van der Waals surface area contributed by atoms with E-state index >= 15 is 0 Å². The van der Waals surface area contributed by atoms with Crippen LogP contribution in [0.1, 0.15) is 0 Å². The van der Waals surface area contributed by atoms with Crippen LogP contribution in [0.3, 0.4) is 0 Å². The number of benzene rings is 3. The molecule has 0 spiro atoms. The summed E-state index contributed by atoms with van der Waals surface area (Å²) in [4.78, 5) is 14.8. The molecule has 0 unspecified atom stereocenters. The van der Waals surface area contributed by atoms with Gasteiger partial charge in [-0.3, -0.25) is 9.10 Å². The Morgan fingerprint density at radius 2 is 1.48 bits per heavy atom. The first-order chi connectivity index (χ1) is 14.9. The molecule has 162 valence electrons. The van der Waals surface area contributed by atoms with E-state index in [0.29, 0.717) is 13.1 Å². The van der Waals surface area contributed by atoms with E-state index in [1.807, 2.05) is 42.3 Å². The maximum absolute atomic E-state index is 13.3. The highest BCUT2D eigenvalue weighted by Gasteiger charge is 2.28. The highest BCUT2D eigenvalue weighted by molar-refractivity contribution is 7.92. The number of rotatable bonds is 9. The van der Waals surface area contributed by atoms with E-state index in [1.165, 1.54) is 12.1 Å². The lowest BCUT2D eigenvalue weighted by Crippen LogP contribution is -2.42. The second kappa shape index (κ2) is 10.3. The van der Waals surface area contributed by atoms with Crippen LogP contribution in [0.15, 0.2) is 89.8 Å². The Bertz CT molecular complexity index is 1110. The van der Waals surface area contributed by atoms with Crippen LogP contribution in [0.25, 0.3) is 0 Å². The van der Waals surface area contributed by atoms with E-state index in [0.717, 1.165) is 9.99 Å². The van der Waals surface area contributed by atoms with Gasteiger partial charge in [-0.25, -0.2) is 8.42 Å². The summed E-state index contributed by atoms with van der Waals surface area (Å²) in [7, 11) is -2.05. The summed E-state index contributed by atoms with van der Waals surface area (Å²) < 4.78 is 27.6. The van der Waals surface area contributed by atoms with Gasteiger partial charge in [-0.2, -0.15) is 0 Å². The lowest BCUT2D eigenvalue weighted by atomic mass is 10.3. The van der Waals surface area contributed by atoms with Crippen molar-refractivity contribution in [2.75, 3.05) is 35.9 Å². The second-order valence-electron chi connectivity index (χ2n) is 6.88. The molecule has 0 aromatic heterocycles. The van der Waals surface area contributed by atoms with Crippen molar-refractivity contribution >= 4 is 38.9 Å². The first kappa shape index (κ1) is 22.7. The third-order valence-corrected chi connectivity index (χ3v) is 6.80. The van der Waals surface area contributed by atoms with Crippen LogP contribution >= 0.6 is 11.6 Å². The van der Waals surface area contributed by atoms with Crippen LogP contribution in [0.5, 0.6) is 0 Å². The molecule has 3 aromatic carbocycles. The smallest absolute Gasteiger partial charge is 0.264 e. The molecule has 0 heterocycles. The zero-order valence-electron chi connectivity index (χ0n) is 17.1. The second-order valence-corrected chi connectivity index (χ2v) is 9.15. The highest BCUT2D eigenvalue weighted by atomic mass is 35.5. The summed E-state index contributed by atoms with van der Waals surface area (Å²) in [6.07, 6.45) is 0. The Morgan fingerprint density at radius 1 is 0.903 bits per heavy atom. The van der Waals surface area contributed by atoms with E-state index < -0.39 is 15.9 Å². The average Bonchev–Trinajstić information content (AvgIpc) is 2.79. The van der Waals surface area contributed by atoms with Gasteiger partial charge in [-0.05, 0) is 36.4 Å². The summed E-state index contributed by atoms with van der Waals surface area (Å²) in [5.41, 5.74) is 1.28. The standard InChI is InChI=1S/C23H24ClN3O3S/c1-26(19-10-4-2-5-11-19)17-16-25-23(28)18-27(22-15-9-8-14-21(22)24)31(29,30)20-12-6-3-7-13-20/h2-15H,16-18H2,1H3,(H,25,28). The SMILES string of the molecule is CN(CCNC(=O)CN(c1ccccc1Cl)S(=O)(=O)c1ccccc1)c1ccccc1. The van der Waals surface area contributed by atoms with Crippen molar-refractivity contribution < 1.29 is 13.2 Å². The number of amides is 1. The van der Waals surface area contributed by atoms with Gasteiger partial charge in [-0.15, -0.1) is 0 Å². The molecule has 0 bridgehead atoms. The van der Waals surface area contributed by atoms with Crippen LogP contribution in [0.2, 0.25) is 5.02 Å². The number of nitrogens with zero attached hydrogens (tertiary/aromatic N) is 2. The molecule has 8 heteroatoms. The minimum absolute atomic E-state index is 0.0894. The number of carbonyl (C=O) groups is 1. The topological polar surface area (TPSA) is 69.7 Å². The summed E-state index contributed by atoms with van der Waals surface area (Å²) in [6.45, 7) is 0.565. The number of para-hydroxylation sites is 2. The lowest BCUT2D eigenvalue weighted by molar-refractivity contribution is -0.119. The van der Waals surface area contributed by atoms with Crippen molar-refractivity contribution in [1.29, 1.82) is 0 Å². The first-order valence-corrected chi connectivity index (χ1v) is 11.6. The third kappa shape index (κ3) is 5.77. The zero-order chi connectivity index (χ0) is 22.3. The number of halogens is 1.